The topological polar surface area (TPSA) is 62.2 Å². The summed E-state index contributed by atoms with van der Waals surface area (Å²) in [4.78, 5) is 16.8. The van der Waals surface area contributed by atoms with Gasteiger partial charge in [-0.15, -0.1) is 0 Å². The van der Waals surface area contributed by atoms with E-state index >= 15 is 0 Å². The molecule has 0 atom stereocenters. The number of pyridine rings is 1. The van der Waals surface area contributed by atoms with Crippen LogP contribution in [0.1, 0.15) is 28.9 Å². The summed E-state index contributed by atoms with van der Waals surface area (Å²) in [6.07, 6.45) is 1.40. The molecule has 4 nitrogen and oxygen atoms in total. The molecule has 0 aliphatic heterocycles. The van der Waals surface area contributed by atoms with Crippen molar-refractivity contribution in [2.75, 3.05) is 6.54 Å². The molecule has 0 saturated heterocycles. The van der Waals surface area contributed by atoms with Gasteiger partial charge in [0.2, 0.25) is 0 Å². The summed E-state index contributed by atoms with van der Waals surface area (Å²) in [7, 11) is 0. The molecule has 1 aromatic carbocycles. The second kappa shape index (κ2) is 5.21. The van der Waals surface area contributed by atoms with Crippen LogP contribution in [0.2, 0.25) is 0 Å². The highest BCUT2D eigenvalue weighted by Gasteiger charge is 2.27. The number of nitrogens with zero attached hydrogens (tertiary/aromatic N) is 1. The fourth-order valence-corrected chi connectivity index (χ4v) is 2.70. The van der Waals surface area contributed by atoms with Crippen LogP contribution >= 0.6 is 0 Å². The third kappa shape index (κ3) is 2.51. The van der Waals surface area contributed by atoms with Crippen molar-refractivity contribution in [1.29, 1.82) is 0 Å². The molecule has 1 aromatic heterocycles. The molecule has 1 amide bonds. The maximum Gasteiger partial charge on any atom is 0.252 e. The molecule has 1 fully saturated rings. The summed E-state index contributed by atoms with van der Waals surface area (Å²) in [6, 6.07) is 9.50. The average Bonchev–Trinajstić information content (AvgIpc) is 2.41. The van der Waals surface area contributed by atoms with E-state index < -0.39 is 0 Å². The van der Waals surface area contributed by atoms with Crippen molar-refractivity contribution >= 4 is 16.8 Å². The van der Waals surface area contributed by atoms with Crippen molar-refractivity contribution in [3.8, 4) is 0 Å². The number of hydrogen-bond acceptors (Lipinski definition) is 3. The molecule has 2 aromatic rings. The van der Waals surface area contributed by atoms with Gasteiger partial charge >= 0.3 is 0 Å². The first-order valence-electron chi connectivity index (χ1n) is 6.96. The monoisotopic (exact) mass is 270 g/mol. The minimum atomic E-state index is -0.180. The molecule has 3 rings (SSSR count). The number of para-hydroxylation sites is 1. The number of aryl methyl sites for hydroxylation is 1. The molecule has 104 valence electrons. The molecule has 1 aliphatic rings. The van der Waals surface area contributed by atoms with Crippen LogP contribution in [0.5, 0.6) is 0 Å². The fourth-order valence-electron chi connectivity index (χ4n) is 2.70. The van der Waals surface area contributed by atoms with Crippen LogP contribution in [-0.2, 0) is 0 Å². The van der Waals surface area contributed by atoms with Gasteiger partial charge in [-0.25, -0.2) is 0 Å². The number of aliphatic hydroxyl groups excluding tert-OH is 1. The Morgan fingerprint density at radius 2 is 2.15 bits per heavy atom. The molecule has 0 unspecified atom stereocenters. The van der Waals surface area contributed by atoms with E-state index in [1.807, 2.05) is 37.3 Å². The molecule has 0 radical (unpaired) electrons. The minimum absolute atomic E-state index is 0.0620. The first-order chi connectivity index (χ1) is 9.63. The van der Waals surface area contributed by atoms with Crippen LogP contribution in [0.4, 0.5) is 0 Å². The quantitative estimate of drug-likeness (QED) is 0.897. The average molecular weight is 270 g/mol. The van der Waals surface area contributed by atoms with Gasteiger partial charge in [0, 0.05) is 17.6 Å². The summed E-state index contributed by atoms with van der Waals surface area (Å²) in [6.45, 7) is 2.52. The third-order valence-electron chi connectivity index (χ3n) is 3.85. The number of benzene rings is 1. The molecule has 1 saturated carbocycles. The van der Waals surface area contributed by atoms with E-state index in [1.54, 1.807) is 0 Å². The standard InChI is InChI=1S/C16H18N2O2/c1-10-6-14(13-4-2-3-5-15(13)18-10)16(20)17-9-11-7-12(19)8-11/h2-6,11-12,19H,7-9H2,1H3,(H,17,20). The predicted octanol–water partition coefficient (Wildman–Crippen LogP) is 2.04. The maximum atomic E-state index is 12.3. The van der Waals surface area contributed by atoms with E-state index in [1.165, 1.54) is 0 Å². The molecule has 0 bridgehead atoms. The van der Waals surface area contributed by atoms with E-state index in [2.05, 4.69) is 10.3 Å². The number of amides is 1. The number of carbonyl (C=O) groups excluding carboxylic acids is 1. The fraction of sp³-hybridized carbons (Fsp3) is 0.375. The van der Waals surface area contributed by atoms with Gasteiger partial charge in [-0.2, -0.15) is 0 Å². The number of rotatable bonds is 3. The summed E-state index contributed by atoms with van der Waals surface area (Å²) in [5, 5.41) is 13.1. The van der Waals surface area contributed by atoms with Crippen molar-refractivity contribution in [1.82, 2.24) is 10.3 Å². The maximum absolute atomic E-state index is 12.3. The van der Waals surface area contributed by atoms with E-state index in [0.717, 1.165) is 29.4 Å². The summed E-state index contributed by atoms with van der Waals surface area (Å²) < 4.78 is 0. The van der Waals surface area contributed by atoms with Crippen molar-refractivity contribution in [2.45, 2.75) is 25.9 Å². The van der Waals surface area contributed by atoms with Crippen molar-refractivity contribution < 1.29 is 9.90 Å². The Hall–Kier alpha value is -1.94. The zero-order chi connectivity index (χ0) is 14.1. The van der Waals surface area contributed by atoms with Crippen LogP contribution in [0.25, 0.3) is 10.9 Å². The molecule has 4 heteroatoms. The molecule has 1 aliphatic carbocycles. The highest BCUT2D eigenvalue weighted by atomic mass is 16.3. The third-order valence-corrected chi connectivity index (χ3v) is 3.85. The van der Waals surface area contributed by atoms with Gasteiger partial charge in [-0.3, -0.25) is 9.78 Å². The minimum Gasteiger partial charge on any atom is -0.393 e. The largest absolute Gasteiger partial charge is 0.393 e. The lowest BCUT2D eigenvalue weighted by atomic mass is 9.82. The van der Waals surface area contributed by atoms with E-state index in [9.17, 15) is 9.90 Å². The highest BCUT2D eigenvalue weighted by Crippen LogP contribution is 2.26. The highest BCUT2D eigenvalue weighted by molar-refractivity contribution is 6.06. The summed E-state index contributed by atoms with van der Waals surface area (Å²) in [5.41, 5.74) is 2.36. The second-order valence-electron chi connectivity index (χ2n) is 5.53. The molecule has 20 heavy (non-hydrogen) atoms. The Labute approximate surface area is 117 Å². The second-order valence-corrected chi connectivity index (χ2v) is 5.53. The number of carbonyl (C=O) groups is 1. The van der Waals surface area contributed by atoms with Gasteiger partial charge in [0.1, 0.15) is 0 Å². The molecular formula is C16H18N2O2. The van der Waals surface area contributed by atoms with Gasteiger partial charge in [0.25, 0.3) is 5.91 Å². The Kier molecular flexibility index (Phi) is 3.40. The molecular weight excluding hydrogens is 252 g/mol. The van der Waals surface area contributed by atoms with E-state index in [0.29, 0.717) is 18.0 Å². The molecule has 2 N–H and O–H groups in total. The van der Waals surface area contributed by atoms with Crippen LogP contribution in [-0.4, -0.2) is 28.6 Å². The van der Waals surface area contributed by atoms with Crippen LogP contribution in [0.15, 0.2) is 30.3 Å². The lowest BCUT2D eigenvalue weighted by Gasteiger charge is -2.31. The zero-order valence-electron chi connectivity index (χ0n) is 11.5. The van der Waals surface area contributed by atoms with Crippen LogP contribution < -0.4 is 5.32 Å². The summed E-state index contributed by atoms with van der Waals surface area (Å²) in [5.74, 6) is 0.344. The zero-order valence-corrected chi connectivity index (χ0v) is 11.5. The molecule has 0 spiro atoms. The van der Waals surface area contributed by atoms with Gasteiger partial charge < -0.3 is 10.4 Å². The Bertz CT molecular complexity index is 648. The number of fused-ring (bicyclic) bond motifs is 1. The lowest BCUT2D eigenvalue weighted by molar-refractivity contribution is 0.0420. The Balaban J connectivity index is 1.80. The van der Waals surface area contributed by atoms with Crippen molar-refractivity contribution in [2.24, 2.45) is 5.92 Å². The van der Waals surface area contributed by atoms with Gasteiger partial charge in [-0.05, 0) is 37.8 Å². The number of aromatic nitrogens is 1. The van der Waals surface area contributed by atoms with Gasteiger partial charge in [0.15, 0.2) is 0 Å². The summed E-state index contributed by atoms with van der Waals surface area (Å²) >= 11 is 0. The van der Waals surface area contributed by atoms with E-state index in [4.69, 9.17) is 0 Å². The van der Waals surface area contributed by atoms with Gasteiger partial charge in [-0.1, -0.05) is 18.2 Å². The predicted molar refractivity (Wildman–Crippen MR) is 77.5 cm³/mol. The van der Waals surface area contributed by atoms with Crippen LogP contribution in [0, 0.1) is 12.8 Å². The number of aliphatic hydroxyl groups is 1. The van der Waals surface area contributed by atoms with Crippen molar-refractivity contribution in [3.63, 3.8) is 0 Å². The van der Waals surface area contributed by atoms with Crippen molar-refractivity contribution in [3.05, 3.63) is 41.6 Å². The Morgan fingerprint density at radius 1 is 1.40 bits per heavy atom. The number of hydrogen-bond donors (Lipinski definition) is 2. The normalized spacial score (nSPS) is 21.5. The van der Waals surface area contributed by atoms with Crippen LogP contribution in [0.3, 0.4) is 0 Å². The van der Waals surface area contributed by atoms with Gasteiger partial charge in [0.05, 0.1) is 17.2 Å². The Morgan fingerprint density at radius 3 is 2.90 bits per heavy atom. The SMILES string of the molecule is Cc1cc(C(=O)NCC2CC(O)C2)c2ccccc2n1. The molecule has 1 heterocycles. The first-order valence-corrected chi connectivity index (χ1v) is 6.96. The number of nitrogens with one attached hydrogen (secondary N) is 1. The van der Waals surface area contributed by atoms with E-state index in [-0.39, 0.29) is 12.0 Å². The smallest absolute Gasteiger partial charge is 0.252 e. The lowest BCUT2D eigenvalue weighted by Crippen LogP contribution is -2.38. The first kappa shape index (κ1) is 13.1.